The second-order valence-corrected chi connectivity index (χ2v) is 7.54. The van der Waals surface area contributed by atoms with Crippen molar-refractivity contribution in [3.63, 3.8) is 0 Å². The number of nitrogens with one attached hydrogen (secondary N) is 1. The van der Waals surface area contributed by atoms with E-state index in [9.17, 15) is 4.79 Å². The average Bonchev–Trinajstić information content (AvgIpc) is 3.24. The Morgan fingerprint density at radius 3 is 2.84 bits per heavy atom. The van der Waals surface area contributed by atoms with Gasteiger partial charge in [0.25, 0.3) is 5.91 Å². The summed E-state index contributed by atoms with van der Waals surface area (Å²) in [4.78, 5) is 13.9. The Hall–Kier alpha value is -2.11. The number of rotatable bonds is 6. The highest BCUT2D eigenvalue weighted by atomic mass is 35.5. The fraction of sp³-hybridized carbons (Fsp3) is 0.263. The molecule has 2 heterocycles. The van der Waals surface area contributed by atoms with Crippen molar-refractivity contribution >= 4 is 28.8 Å². The number of carbonyl (C=O) groups excluding carboxylic acids is 1. The van der Waals surface area contributed by atoms with Crippen LogP contribution < -0.4 is 5.32 Å². The molecule has 3 rings (SSSR count). The smallest absolute Gasteiger partial charge is 0.254 e. The Balaban J connectivity index is 1.80. The summed E-state index contributed by atoms with van der Waals surface area (Å²) in [7, 11) is 0. The molecular formula is C19H20ClN3OS. The van der Waals surface area contributed by atoms with Gasteiger partial charge in [-0.15, -0.1) is 11.3 Å². The Bertz CT molecular complexity index is 855. The lowest BCUT2D eigenvalue weighted by atomic mass is 10.0. The molecule has 0 fully saturated rings. The van der Waals surface area contributed by atoms with E-state index in [0.717, 1.165) is 17.8 Å². The predicted octanol–water partition coefficient (Wildman–Crippen LogP) is 4.68. The summed E-state index contributed by atoms with van der Waals surface area (Å²) in [5, 5.41) is 10.1. The summed E-state index contributed by atoms with van der Waals surface area (Å²) in [5.74, 6) is 0.0630. The maximum Gasteiger partial charge on any atom is 0.254 e. The molecule has 0 aliphatic rings. The quantitative estimate of drug-likeness (QED) is 0.681. The minimum absolute atomic E-state index is 0.0893. The first-order valence-corrected chi connectivity index (χ1v) is 9.46. The second kappa shape index (κ2) is 7.85. The molecule has 0 saturated carbocycles. The van der Waals surface area contributed by atoms with Crippen molar-refractivity contribution in [1.29, 1.82) is 0 Å². The van der Waals surface area contributed by atoms with E-state index in [1.165, 1.54) is 4.88 Å². The van der Waals surface area contributed by atoms with Crippen LogP contribution in [0.25, 0.3) is 5.69 Å². The summed E-state index contributed by atoms with van der Waals surface area (Å²) < 4.78 is 1.80. The van der Waals surface area contributed by atoms with Crippen LogP contribution in [0.3, 0.4) is 0 Å². The molecule has 3 aromatic rings. The SMILES string of the molecule is CC(C)c1c(C(=O)NCCc2cccs2)cnn1-c1cccc(Cl)c1. The van der Waals surface area contributed by atoms with Crippen molar-refractivity contribution in [2.24, 2.45) is 0 Å². The monoisotopic (exact) mass is 373 g/mol. The minimum atomic E-state index is -0.0893. The van der Waals surface area contributed by atoms with Crippen LogP contribution in [0.4, 0.5) is 0 Å². The van der Waals surface area contributed by atoms with E-state index in [2.05, 4.69) is 30.3 Å². The van der Waals surface area contributed by atoms with Gasteiger partial charge in [0.05, 0.1) is 23.1 Å². The molecule has 2 aromatic heterocycles. The van der Waals surface area contributed by atoms with Crippen molar-refractivity contribution in [2.45, 2.75) is 26.2 Å². The highest BCUT2D eigenvalue weighted by molar-refractivity contribution is 7.09. The molecule has 25 heavy (non-hydrogen) atoms. The fourth-order valence-electron chi connectivity index (χ4n) is 2.75. The van der Waals surface area contributed by atoms with Gasteiger partial charge in [0.1, 0.15) is 0 Å². The van der Waals surface area contributed by atoms with Gasteiger partial charge in [-0.1, -0.05) is 37.6 Å². The number of benzene rings is 1. The van der Waals surface area contributed by atoms with Gasteiger partial charge >= 0.3 is 0 Å². The molecule has 0 unspecified atom stereocenters. The zero-order valence-electron chi connectivity index (χ0n) is 14.2. The van der Waals surface area contributed by atoms with Crippen LogP contribution >= 0.6 is 22.9 Å². The average molecular weight is 374 g/mol. The van der Waals surface area contributed by atoms with Gasteiger partial charge in [0.15, 0.2) is 0 Å². The van der Waals surface area contributed by atoms with E-state index in [-0.39, 0.29) is 11.8 Å². The maximum atomic E-state index is 12.6. The first-order chi connectivity index (χ1) is 12.1. The first-order valence-electron chi connectivity index (χ1n) is 8.20. The van der Waals surface area contributed by atoms with Gasteiger partial charge in [-0.05, 0) is 42.0 Å². The molecule has 0 spiro atoms. The summed E-state index contributed by atoms with van der Waals surface area (Å²) in [6.07, 6.45) is 2.47. The van der Waals surface area contributed by atoms with Gasteiger partial charge in [-0.2, -0.15) is 5.10 Å². The van der Waals surface area contributed by atoms with Crippen LogP contribution in [0, 0.1) is 0 Å². The third-order valence-corrected chi connectivity index (χ3v) is 5.06. The van der Waals surface area contributed by atoms with Crippen LogP contribution in [0.2, 0.25) is 5.02 Å². The molecular weight excluding hydrogens is 354 g/mol. The van der Waals surface area contributed by atoms with Crippen molar-refractivity contribution in [3.8, 4) is 5.69 Å². The zero-order valence-corrected chi connectivity index (χ0v) is 15.8. The largest absolute Gasteiger partial charge is 0.352 e. The van der Waals surface area contributed by atoms with E-state index < -0.39 is 0 Å². The summed E-state index contributed by atoms with van der Waals surface area (Å²) in [6.45, 7) is 4.72. The standard InChI is InChI=1S/C19H20ClN3OS/c1-13(2)18-17(19(24)21-9-8-16-7-4-10-25-16)12-22-23(18)15-6-3-5-14(20)11-15/h3-7,10-13H,8-9H2,1-2H3,(H,21,24). The predicted molar refractivity (Wildman–Crippen MR) is 103 cm³/mol. The van der Waals surface area contributed by atoms with Gasteiger partial charge in [-0.3, -0.25) is 4.79 Å². The highest BCUT2D eigenvalue weighted by Crippen LogP contribution is 2.24. The molecule has 6 heteroatoms. The molecule has 1 N–H and O–H groups in total. The number of thiophene rings is 1. The van der Waals surface area contributed by atoms with Gasteiger partial charge in [0.2, 0.25) is 0 Å². The normalized spacial score (nSPS) is 11.0. The second-order valence-electron chi connectivity index (χ2n) is 6.08. The van der Waals surface area contributed by atoms with Crippen molar-refractivity contribution < 1.29 is 4.79 Å². The van der Waals surface area contributed by atoms with E-state index in [1.54, 1.807) is 22.2 Å². The molecule has 4 nitrogen and oxygen atoms in total. The Morgan fingerprint density at radius 2 is 2.16 bits per heavy atom. The topological polar surface area (TPSA) is 46.9 Å². The van der Waals surface area contributed by atoms with E-state index in [4.69, 9.17) is 11.6 Å². The van der Waals surface area contributed by atoms with Crippen molar-refractivity contribution in [3.05, 3.63) is 69.1 Å². The molecule has 0 saturated heterocycles. The van der Waals surface area contributed by atoms with Crippen LogP contribution in [0.15, 0.2) is 48.0 Å². The van der Waals surface area contributed by atoms with Gasteiger partial charge in [0, 0.05) is 16.4 Å². The molecule has 1 amide bonds. The van der Waals surface area contributed by atoms with Crippen LogP contribution in [0.1, 0.15) is 40.7 Å². The van der Waals surface area contributed by atoms with Crippen LogP contribution in [0.5, 0.6) is 0 Å². The van der Waals surface area contributed by atoms with Crippen molar-refractivity contribution in [1.82, 2.24) is 15.1 Å². The van der Waals surface area contributed by atoms with E-state index in [0.29, 0.717) is 17.1 Å². The number of hydrogen-bond donors (Lipinski definition) is 1. The lowest BCUT2D eigenvalue weighted by molar-refractivity contribution is 0.0953. The van der Waals surface area contributed by atoms with Crippen molar-refractivity contribution in [2.75, 3.05) is 6.54 Å². The van der Waals surface area contributed by atoms with E-state index >= 15 is 0 Å². The number of carbonyl (C=O) groups is 1. The zero-order chi connectivity index (χ0) is 17.8. The molecule has 130 valence electrons. The molecule has 0 atom stereocenters. The first kappa shape index (κ1) is 17.7. The fourth-order valence-corrected chi connectivity index (χ4v) is 3.64. The molecule has 1 aromatic carbocycles. The number of nitrogens with zero attached hydrogens (tertiary/aromatic N) is 2. The summed E-state index contributed by atoms with van der Waals surface area (Å²) >= 11 is 7.79. The molecule has 0 radical (unpaired) electrons. The third-order valence-electron chi connectivity index (χ3n) is 3.89. The lowest BCUT2D eigenvalue weighted by Crippen LogP contribution is -2.26. The van der Waals surface area contributed by atoms with E-state index in [1.807, 2.05) is 35.7 Å². The molecule has 0 bridgehead atoms. The summed E-state index contributed by atoms with van der Waals surface area (Å²) in [5.41, 5.74) is 2.35. The Labute approximate surface area is 156 Å². The molecule has 0 aliphatic heterocycles. The maximum absolute atomic E-state index is 12.6. The van der Waals surface area contributed by atoms with Gasteiger partial charge < -0.3 is 5.32 Å². The number of hydrogen-bond acceptors (Lipinski definition) is 3. The van der Waals surface area contributed by atoms with Crippen LogP contribution in [-0.2, 0) is 6.42 Å². The lowest BCUT2D eigenvalue weighted by Gasteiger charge is -2.13. The highest BCUT2D eigenvalue weighted by Gasteiger charge is 2.20. The van der Waals surface area contributed by atoms with Crippen LogP contribution in [-0.4, -0.2) is 22.2 Å². The summed E-state index contributed by atoms with van der Waals surface area (Å²) in [6, 6.07) is 11.6. The number of amides is 1. The Kier molecular flexibility index (Phi) is 5.56. The third kappa shape index (κ3) is 4.11. The number of aromatic nitrogens is 2. The minimum Gasteiger partial charge on any atom is -0.352 e. The molecule has 0 aliphatic carbocycles. The van der Waals surface area contributed by atoms with Gasteiger partial charge in [-0.25, -0.2) is 4.68 Å². The number of halogens is 1. The Morgan fingerprint density at radius 1 is 1.32 bits per heavy atom.